The second kappa shape index (κ2) is 9.06. The summed E-state index contributed by atoms with van der Waals surface area (Å²) >= 11 is 0. The lowest BCUT2D eigenvalue weighted by Crippen LogP contribution is -2.35. The van der Waals surface area contributed by atoms with Gasteiger partial charge in [-0.15, -0.1) is 0 Å². The molecule has 2 N–H and O–H groups in total. The summed E-state index contributed by atoms with van der Waals surface area (Å²) < 4.78 is 0. The molecule has 1 aliphatic heterocycles. The first-order valence-electron chi connectivity index (χ1n) is 10.6. The topological polar surface area (TPSA) is 78.5 Å². The largest absolute Gasteiger partial charge is 0.334 e. The number of rotatable bonds is 5. The van der Waals surface area contributed by atoms with Gasteiger partial charge in [-0.1, -0.05) is 42.5 Å². The number of benzene rings is 3. The molecule has 0 spiro atoms. The van der Waals surface area contributed by atoms with E-state index in [0.717, 1.165) is 23.2 Å². The molecule has 32 heavy (non-hydrogen) atoms. The minimum absolute atomic E-state index is 0.0231. The van der Waals surface area contributed by atoms with Crippen LogP contribution in [0.4, 0.5) is 16.2 Å². The first kappa shape index (κ1) is 21.3. The molecular formula is C26H25N3O3. The molecule has 0 bridgehead atoms. The van der Waals surface area contributed by atoms with Crippen LogP contribution in [0.5, 0.6) is 0 Å². The number of urea groups is 1. The molecule has 1 atom stereocenters. The van der Waals surface area contributed by atoms with Crippen molar-refractivity contribution >= 4 is 29.1 Å². The van der Waals surface area contributed by atoms with Gasteiger partial charge in [-0.3, -0.25) is 9.59 Å². The molecular weight excluding hydrogens is 402 g/mol. The van der Waals surface area contributed by atoms with E-state index in [1.54, 1.807) is 24.3 Å². The zero-order valence-electron chi connectivity index (χ0n) is 18.1. The highest BCUT2D eigenvalue weighted by atomic mass is 16.2. The molecule has 3 amide bonds. The second-order valence-corrected chi connectivity index (χ2v) is 8.00. The fraction of sp³-hybridized carbons (Fsp3) is 0.192. The molecule has 6 nitrogen and oxygen atoms in total. The van der Waals surface area contributed by atoms with E-state index < -0.39 is 0 Å². The molecule has 0 fully saturated rings. The molecule has 0 saturated heterocycles. The summed E-state index contributed by atoms with van der Waals surface area (Å²) in [6.07, 6.45) is 0.800. The van der Waals surface area contributed by atoms with E-state index in [1.807, 2.05) is 60.4 Å². The van der Waals surface area contributed by atoms with Gasteiger partial charge in [0.15, 0.2) is 5.78 Å². The molecule has 1 heterocycles. The van der Waals surface area contributed by atoms with Crippen LogP contribution in [-0.2, 0) is 13.0 Å². The molecule has 0 aliphatic carbocycles. The maximum absolute atomic E-state index is 13.1. The number of carbonyl (C=O) groups is 3. The fourth-order valence-electron chi connectivity index (χ4n) is 3.97. The molecule has 3 aromatic carbocycles. The molecule has 0 radical (unpaired) electrons. The maximum atomic E-state index is 13.1. The number of hydrogen-bond acceptors (Lipinski definition) is 3. The molecule has 0 saturated carbocycles. The normalized spacial score (nSPS) is 14.6. The second-order valence-electron chi connectivity index (χ2n) is 8.00. The molecule has 3 aromatic rings. The first-order valence-corrected chi connectivity index (χ1v) is 10.6. The summed E-state index contributed by atoms with van der Waals surface area (Å²) in [5.74, 6) is -0.0823. The number of nitrogens with one attached hydrogen (secondary N) is 2. The van der Waals surface area contributed by atoms with Crippen LogP contribution in [0.3, 0.4) is 0 Å². The zero-order chi connectivity index (χ0) is 22.7. The predicted octanol–water partition coefficient (Wildman–Crippen LogP) is 4.80. The maximum Gasteiger partial charge on any atom is 0.319 e. The number of amides is 3. The van der Waals surface area contributed by atoms with Crippen LogP contribution in [0.25, 0.3) is 0 Å². The Hall–Kier alpha value is -3.93. The van der Waals surface area contributed by atoms with Crippen LogP contribution >= 0.6 is 0 Å². The predicted molar refractivity (Wildman–Crippen MR) is 125 cm³/mol. The summed E-state index contributed by atoms with van der Waals surface area (Å²) in [6, 6.07) is 21.7. The van der Waals surface area contributed by atoms with E-state index in [-0.39, 0.29) is 23.8 Å². The number of Topliss-reactive ketones (excluding diaryl/α,β-unsaturated/α-hetero) is 1. The van der Waals surface area contributed by atoms with E-state index in [1.165, 1.54) is 6.92 Å². The molecule has 6 heteroatoms. The van der Waals surface area contributed by atoms with Crippen molar-refractivity contribution < 1.29 is 14.4 Å². The van der Waals surface area contributed by atoms with Gasteiger partial charge < -0.3 is 15.5 Å². The van der Waals surface area contributed by atoms with E-state index in [9.17, 15) is 14.4 Å². The van der Waals surface area contributed by atoms with Crippen LogP contribution in [-0.4, -0.2) is 23.8 Å². The summed E-state index contributed by atoms with van der Waals surface area (Å²) in [5, 5.41) is 5.58. The minimum atomic E-state index is -0.364. The fourth-order valence-corrected chi connectivity index (χ4v) is 3.97. The van der Waals surface area contributed by atoms with Gasteiger partial charge in [-0.25, -0.2) is 4.79 Å². The molecule has 1 aliphatic rings. The van der Waals surface area contributed by atoms with Gasteiger partial charge in [0, 0.05) is 35.1 Å². The molecule has 0 unspecified atom stereocenters. The van der Waals surface area contributed by atoms with Crippen molar-refractivity contribution in [3.05, 3.63) is 95.1 Å². The van der Waals surface area contributed by atoms with E-state index in [4.69, 9.17) is 0 Å². The Bertz CT molecular complexity index is 1170. The monoisotopic (exact) mass is 427 g/mol. The van der Waals surface area contributed by atoms with Crippen LogP contribution in [0.15, 0.2) is 72.8 Å². The third-order valence-electron chi connectivity index (χ3n) is 5.58. The van der Waals surface area contributed by atoms with Crippen molar-refractivity contribution in [1.29, 1.82) is 0 Å². The summed E-state index contributed by atoms with van der Waals surface area (Å²) in [7, 11) is 0. The standard InChI is InChI=1S/C26H25N3O3/c1-17-13-22-12-11-19(14-24(22)29(17)25(31)20-7-4-3-5-8-20)16-27-26(32)28-23-10-6-9-21(15-23)18(2)30/h3-12,14-15,17H,13,16H2,1-2H3,(H2,27,28,32)/t17-/m1/s1. The van der Waals surface area contributed by atoms with E-state index >= 15 is 0 Å². The number of carbonyl (C=O) groups excluding carboxylic acids is 3. The Morgan fingerprint density at radius 3 is 2.44 bits per heavy atom. The summed E-state index contributed by atoms with van der Waals surface area (Å²) in [6.45, 7) is 3.84. The third-order valence-corrected chi connectivity index (χ3v) is 5.58. The highest BCUT2D eigenvalue weighted by Crippen LogP contribution is 2.34. The lowest BCUT2D eigenvalue weighted by atomic mass is 10.1. The van der Waals surface area contributed by atoms with E-state index in [2.05, 4.69) is 10.6 Å². The van der Waals surface area contributed by atoms with Gasteiger partial charge in [-0.2, -0.15) is 0 Å². The van der Waals surface area contributed by atoms with Gasteiger partial charge in [0.1, 0.15) is 0 Å². The van der Waals surface area contributed by atoms with Crippen LogP contribution < -0.4 is 15.5 Å². The Morgan fingerprint density at radius 2 is 1.69 bits per heavy atom. The number of hydrogen-bond donors (Lipinski definition) is 2. The molecule has 0 aromatic heterocycles. The smallest absolute Gasteiger partial charge is 0.319 e. The van der Waals surface area contributed by atoms with Gasteiger partial charge in [0.25, 0.3) is 5.91 Å². The Labute approximate surface area is 187 Å². The number of anilines is 2. The average Bonchev–Trinajstić information content (AvgIpc) is 3.13. The van der Waals surface area contributed by atoms with Crippen LogP contribution in [0.2, 0.25) is 0 Å². The van der Waals surface area contributed by atoms with Crippen molar-refractivity contribution in [3.63, 3.8) is 0 Å². The Morgan fingerprint density at radius 1 is 0.938 bits per heavy atom. The zero-order valence-corrected chi connectivity index (χ0v) is 18.1. The van der Waals surface area contributed by atoms with Crippen LogP contribution in [0, 0.1) is 0 Å². The quantitative estimate of drug-likeness (QED) is 0.574. The summed E-state index contributed by atoms with van der Waals surface area (Å²) in [4.78, 5) is 38.8. The van der Waals surface area contributed by atoms with Gasteiger partial charge in [0.2, 0.25) is 0 Å². The summed E-state index contributed by atoms with van der Waals surface area (Å²) in [5.41, 5.74) is 4.66. The highest BCUT2D eigenvalue weighted by molar-refractivity contribution is 6.07. The van der Waals surface area contributed by atoms with Gasteiger partial charge in [0.05, 0.1) is 0 Å². The van der Waals surface area contributed by atoms with Crippen molar-refractivity contribution in [2.45, 2.75) is 32.9 Å². The molecule has 162 valence electrons. The van der Waals surface area contributed by atoms with Gasteiger partial charge >= 0.3 is 6.03 Å². The first-order chi connectivity index (χ1) is 15.4. The highest BCUT2D eigenvalue weighted by Gasteiger charge is 2.31. The van der Waals surface area contributed by atoms with Crippen molar-refractivity contribution in [3.8, 4) is 0 Å². The SMILES string of the molecule is CC(=O)c1cccc(NC(=O)NCc2ccc3c(c2)N(C(=O)c2ccccc2)[C@H](C)C3)c1. The Balaban J connectivity index is 1.45. The van der Waals surface area contributed by atoms with E-state index in [0.29, 0.717) is 23.4 Å². The molecule has 4 rings (SSSR count). The third kappa shape index (κ3) is 4.54. The number of fused-ring (bicyclic) bond motifs is 1. The Kier molecular flexibility index (Phi) is 6.03. The van der Waals surface area contributed by atoms with Crippen molar-refractivity contribution in [2.75, 3.05) is 10.2 Å². The average molecular weight is 428 g/mol. The number of ketones is 1. The van der Waals surface area contributed by atoms with Crippen molar-refractivity contribution in [1.82, 2.24) is 5.32 Å². The lowest BCUT2D eigenvalue weighted by molar-refractivity contribution is 0.0979. The van der Waals surface area contributed by atoms with Crippen molar-refractivity contribution in [2.24, 2.45) is 0 Å². The van der Waals surface area contributed by atoms with Crippen LogP contribution in [0.1, 0.15) is 45.7 Å². The van der Waals surface area contributed by atoms with Gasteiger partial charge in [-0.05, 0) is 61.7 Å². The minimum Gasteiger partial charge on any atom is -0.334 e. The number of nitrogens with zero attached hydrogens (tertiary/aromatic N) is 1. The lowest BCUT2D eigenvalue weighted by Gasteiger charge is -2.23.